The van der Waals surface area contributed by atoms with Crippen molar-refractivity contribution in [2.24, 2.45) is 23.2 Å². The summed E-state index contributed by atoms with van der Waals surface area (Å²) >= 11 is 0. The van der Waals surface area contributed by atoms with E-state index in [4.69, 9.17) is 0 Å². The molecule has 0 radical (unpaired) electrons. The minimum atomic E-state index is -0.601. The summed E-state index contributed by atoms with van der Waals surface area (Å²) in [6.07, 6.45) is 7.78. The smallest absolute Gasteiger partial charge is 0.332 e. The normalized spacial score (nSPS) is 34.7. The van der Waals surface area contributed by atoms with Crippen molar-refractivity contribution in [1.82, 2.24) is 10.2 Å². The van der Waals surface area contributed by atoms with E-state index in [9.17, 15) is 14.4 Å². The molecule has 1 heterocycles. The molecule has 4 amide bonds. The molecule has 6 rings (SSSR count). The van der Waals surface area contributed by atoms with Gasteiger partial charge in [-0.1, -0.05) is 17.7 Å². The van der Waals surface area contributed by atoms with E-state index >= 15 is 0 Å². The van der Waals surface area contributed by atoms with Gasteiger partial charge in [0.25, 0.3) is 5.91 Å². The topological polar surface area (TPSA) is 69.7 Å². The summed E-state index contributed by atoms with van der Waals surface area (Å²) in [5.74, 6) is 1.95. The average Bonchev–Trinajstić information content (AvgIpc) is 2.90. The van der Waals surface area contributed by atoms with Crippen molar-refractivity contribution in [3.05, 3.63) is 29.8 Å². The minimum absolute atomic E-state index is 0.198. The van der Waals surface area contributed by atoms with Crippen molar-refractivity contribution < 1.29 is 14.4 Å². The van der Waals surface area contributed by atoms with Crippen molar-refractivity contribution >= 4 is 23.5 Å². The predicted molar refractivity (Wildman–Crippen MR) is 114 cm³/mol. The van der Waals surface area contributed by atoms with E-state index < -0.39 is 12.1 Å². The summed E-state index contributed by atoms with van der Waals surface area (Å²) in [6.45, 7) is 4.18. The first-order chi connectivity index (χ1) is 14.3. The minimum Gasteiger partial charge on any atom is -0.354 e. The Labute approximate surface area is 178 Å². The monoisotopic (exact) mass is 409 g/mol. The fourth-order valence-corrected chi connectivity index (χ4v) is 6.90. The SMILES string of the molecule is Cc1ccc(N2C(=O)N(CC(=O)NCC34CC5CC(CC(C5)C3)C4)C(=O)[C@@H]2C)cc1. The zero-order valence-corrected chi connectivity index (χ0v) is 17.9. The van der Waals surface area contributed by atoms with Crippen molar-refractivity contribution in [2.45, 2.75) is 58.4 Å². The Balaban J connectivity index is 1.22. The van der Waals surface area contributed by atoms with Crippen molar-refractivity contribution in [3.63, 3.8) is 0 Å². The fraction of sp³-hybridized carbons (Fsp3) is 0.625. The number of anilines is 1. The molecule has 1 aliphatic heterocycles. The number of carbonyl (C=O) groups is 3. The Hall–Kier alpha value is -2.37. The molecule has 5 aliphatic rings. The maximum atomic E-state index is 12.9. The van der Waals surface area contributed by atoms with Crippen LogP contribution in [0.5, 0.6) is 0 Å². The molecule has 1 N–H and O–H groups in total. The first kappa shape index (κ1) is 19.6. The summed E-state index contributed by atoms with van der Waals surface area (Å²) in [4.78, 5) is 40.9. The van der Waals surface area contributed by atoms with E-state index in [1.165, 1.54) is 43.4 Å². The summed E-state index contributed by atoms with van der Waals surface area (Å²) in [5.41, 5.74) is 2.01. The Kier molecular flexibility index (Phi) is 4.64. The molecular weight excluding hydrogens is 378 g/mol. The molecule has 4 bridgehead atoms. The lowest BCUT2D eigenvalue weighted by molar-refractivity contribution is -0.132. The Bertz CT molecular complexity index is 843. The lowest BCUT2D eigenvalue weighted by Crippen LogP contribution is -2.52. The number of hydrogen-bond donors (Lipinski definition) is 1. The van der Waals surface area contributed by atoms with Gasteiger partial charge in [-0.3, -0.25) is 19.4 Å². The molecule has 1 atom stereocenters. The fourth-order valence-electron chi connectivity index (χ4n) is 6.90. The summed E-state index contributed by atoms with van der Waals surface area (Å²) in [6, 6.07) is 6.50. The molecule has 0 unspecified atom stereocenters. The van der Waals surface area contributed by atoms with Crippen molar-refractivity contribution in [3.8, 4) is 0 Å². The Morgan fingerprint density at radius 2 is 1.60 bits per heavy atom. The third-order valence-corrected chi connectivity index (χ3v) is 7.89. The number of nitrogens with one attached hydrogen (secondary N) is 1. The maximum Gasteiger partial charge on any atom is 0.332 e. The highest BCUT2D eigenvalue weighted by atomic mass is 16.2. The zero-order chi connectivity index (χ0) is 21.0. The van der Waals surface area contributed by atoms with Gasteiger partial charge in [0.15, 0.2) is 0 Å². The van der Waals surface area contributed by atoms with Gasteiger partial charge < -0.3 is 5.32 Å². The second-order valence-corrected chi connectivity index (χ2v) is 10.3. The number of benzene rings is 1. The van der Waals surface area contributed by atoms with Gasteiger partial charge in [-0.15, -0.1) is 0 Å². The second kappa shape index (κ2) is 7.10. The number of imide groups is 1. The van der Waals surface area contributed by atoms with Crippen LogP contribution in [0, 0.1) is 30.1 Å². The van der Waals surface area contributed by atoms with Gasteiger partial charge in [0.2, 0.25) is 5.91 Å². The Morgan fingerprint density at radius 1 is 1.03 bits per heavy atom. The molecule has 160 valence electrons. The van der Waals surface area contributed by atoms with Gasteiger partial charge in [0.05, 0.1) is 0 Å². The van der Waals surface area contributed by atoms with Gasteiger partial charge in [0.1, 0.15) is 12.6 Å². The quantitative estimate of drug-likeness (QED) is 0.757. The first-order valence-electron chi connectivity index (χ1n) is 11.3. The van der Waals surface area contributed by atoms with Gasteiger partial charge in [-0.05, 0) is 87.7 Å². The number of carbonyl (C=O) groups excluding carboxylic acids is 3. The van der Waals surface area contributed by atoms with E-state index in [1.54, 1.807) is 6.92 Å². The van der Waals surface area contributed by atoms with Crippen LogP contribution >= 0.6 is 0 Å². The highest BCUT2D eigenvalue weighted by molar-refractivity contribution is 6.15. The molecule has 1 aromatic carbocycles. The molecule has 1 saturated heterocycles. The van der Waals surface area contributed by atoms with E-state index in [0.717, 1.165) is 28.2 Å². The second-order valence-electron chi connectivity index (χ2n) is 10.3. The van der Waals surface area contributed by atoms with Gasteiger partial charge in [-0.2, -0.15) is 0 Å². The number of rotatable bonds is 5. The van der Waals surface area contributed by atoms with E-state index in [2.05, 4.69) is 5.32 Å². The van der Waals surface area contributed by atoms with Crippen molar-refractivity contribution in [2.75, 3.05) is 18.0 Å². The highest BCUT2D eigenvalue weighted by Gasteiger charge is 2.51. The third-order valence-electron chi connectivity index (χ3n) is 7.89. The van der Waals surface area contributed by atoms with Crippen molar-refractivity contribution in [1.29, 1.82) is 0 Å². The summed E-state index contributed by atoms with van der Waals surface area (Å²) < 4.78 is 0. The summed E-state index contributed by atoms with van der Waals surface area (Å²) in [7, 11) is 0. The number of nitrogens with zero attached hydrogens (tertiary/aromatic N) is 2. The lowest BCUT2D eigenvalue weighted by atomic mass is 9.49. The number of urea groups is 1. The van der Waals surface area contributed by atoms with Crippen LogP contribution in [-0.4, -0.2) is 41.9 Å². The Morgan fingerprint density at radius 3 is 2.17 bits per heavy atom. The van der Waals surface area contributed by atoms with Crippen LogP contribution in [0.15, 0.2) is 24.3 Å². The molecule has 4 saturated carbocycles. The number of amides is 4. The van der Waals surface area contributed by atoms with Gasteiger partial charge >= 0.3 is 6.03 Å². The van der Waals surface area contributed by atoms with Crippen LogP contribution in [0.4, 0.5) is 10.5 Å². The molecule has 4 aliphatic carbocycles. The standard InChI is InChI=1S/C24H31N3O3/c1-15-3-5-20(6-4-15)27-16(2)22(29)26(23(27)30)13-21(28)25-14-24-10-17-7-18(11-24)9-19(8-17)12-24/h3-6,16-19H,7-14H2,1-2H3,(H,25,28)/t16-,17?,18?,19?,24?/m0/s1. The van der Waals surface area contributed by atoms with Crippen LogP contribution in [0.3, 0.4) is 0 Å². The van der Waals surface area contributed by atoms with E-state index in [0.29, 0.717) is 12.2 Å². The largest absolute Gasteiger partial charge is 0.354 e. The molecule has 6 heteroatoms. The molecule has 5 fully saturated rings. The van der Waals surface area contributed by atoms with E-state index in [1.807, 2.05) is 31.2 Å². The highest BCUT2D eigenvalue weighted by Crippen LogP contribution is 2.59. The van der Waals surface area contributed by atoms with Crippen LogP contribution in [-0.2, 0) is 9.59 Å². The number of hydrogen-bond acceptors (Lipinski definition) is 3. The summed E-state index contributed by atoms with van der Waals surface area (Å²) in [5, 5.41) is 3.08. The van der Waals surface area contributed by atoms with Gasteiger partial charge in [-0.25, -0.2) is 4.79 Å². The van der Waals surface area contributed by atoms with Crippen LogP contribution < -0.4 is 10.2 Å². The predicted octanol–water partition coefficient (Wildman–Crippen LogP) is 3.48. The van der Waals surface area contributed by atoms with E-state index in [-0.39, 0.29) is 23.8 Å². The molecular formula is C24H31N3O3. The first-order valence-corrected chi connectivity index (χ1v) is 11.3. The third kappa shape index (κ3) is 3.30. The average molecular weight is 410 g/mol. The van der Waals surface area contributed by atoms with Crippen LogP contribution in [0.1, 0.15) is 51.0 Å². The molecule has 6 nitrogen and oxygen atoms in total. The number of aryl methyl sites for hydroxylation is 1. The molecule has 1 aromatic rings. The maximum absolute atomic E-state index is 12.9. The molecule has 30 heavy (non-hydrogen) atoms. The lowest BCUT2D eigenvalue weighted by Gasteiger charge is -2.56. The zero-order valence-electron chi connectivity index (χ0n) is 17.9. The van der Waals surface area contributed by atoms with Crippen LogP contribution in [0.25, 0.3) is 0 Å². The molecule has 0 aromatic heterocycles. The van der Waals surface area contributed by atoms with Crippen LogP contribution in [0.2, 0.25) is 0 Å². The molecule has 0 spiro atoms. The van der Waals surface area contributed by atoms with Gasteiger partial charge in [0, 0.05) is 12.2 Å².